The summed E-state index contributed by atoms with van der Waals surface area (Å²) in [7, 11) is -4.59. The van der Waals surface area contributed by atoms with E-state index in [0.717, 1.165) is 30.5 Å². The van der Waals surface area contributed by atoms with Gasteiger partial charge in [0.05, 0.1) is 29.4 Å². The molecule has 0 bridgehead atoms. The second kappa shape index (κ2) is 9.64. The van der Waals surface area contributed by atoms with E-state index in [9.17, 15) is 36.3 Å². The minimum absolute atomic E-state index is 0.311. The fourth-order valence-electron chi connectivity index (χ4n) is 3.52. The predicted octanol–water partition coefficient (Wildman–Crippen LogP) is 4.52. The Kier molecular flexibility index (Phi) is 7.27. The van der Waals surface area contributed by atoms with E-state index in [-0.39, 0.29) is 5.69 Å². The molecular weight excluding hydrogens is 489 g/mol. The number of carbonyl (C=O) groups is 2. The maximum absolute atomic E-state index is 12.6. The van der Waals surface area contributed by atoms with Gasteiger partial charge in [-0.05, 0) is 43.0 Å². The fourth-order valence-corrected chi connectivity index (χ4v) is 5.51. The third-order valence-electron chi connectivity index (χ3n) is 5.02. The van der Waals surface area contributed by atoms with Gasteiger partial charge in [0.25, 0.3) is 0 Å². The second-order valence-electron chi connectivity index (χ2n) is 7.54. The molecule has 0 aliphatic heterocycles. The molecule has 0 radical (unpaired) electrons. The third kappa shape index (κ3) is 6.20. The van der Waals surface area contributed by atoms with E-state index < -0.39 is 68.1 Å². The smallest absolute Gasteiger partial charge is 0.389 e. The molecule has 2 amide bonds. The van der Waals surface area contributed by atoms with Crippen LogP contribution in [0.1, 0.15) is 43.0 Å². The minimum atomic E-state index is -4.62. The van der Waals surface area contributed by atoms with E-state index in [1.165, 1.54) is 6.26 Å². The Morgan fingerprint density at radius 3 is 2.67 bits per heavy atom. The summed E-state index contributed by atoms with van der Waals surface area (Å²) >= 11 is 5.88. The first-order valence-corrected chi connectivity index (χ1v) is 11.9. The average Bonchev–Trinajstić information content (AvgIpc) is 3.17. The van der Waals surface area contributed by atoms with Crippen molar-refractivity contribution in [3.63, 3.8) is 0 Å². The van der Waals surface area contributed by atoms with Gasteiger partial charge in [0.2, 0.25) is 0 Å². The summed E-state index contributed by atoms with van der Waals surface area (Å²) in [5.41, 5.74) is 0.651. The molecular formula is C20H20ClF3N2O6S. The third-order valence-corrected chi connectivity index (χ3v) is 7.19. The summed E-state index contributed by atoms with van der Waals surface area (Å²) in [6.07, 6.45) is -3.37. The molecule has 0 fully saturated rings. The largest absolute Gasteiger partial charge is 0.504 e. The number of hydrogen-bond acceptors (Lipinski definition) is 6. The minimum Gasteiger partial charge on any atom is -0.504 e. The second-order valence-corrected chi connectivity index (χ2v) is 9.87. The van der Waals surface area contributed by atoms with Crippen LogP contribution in [0.2, 0.25) is 5.02 Å². The number of halogens is 4. The van der Waals surface area contributed by atoms with Crippen molar-refractivity contribution in [2.45, 2.75) is 49.2 Å². The lowest BCUT2D eigenvalue weighted by Crippen LogP contribution is -2.34. The van der Waals surface area contributed by atoms with Crippen LogP contribution in [0, 0.1) is 0 Å². The molecule has 0 spiro atoms. The van der Waals surface area contributed by atoms with Gasteiger partial charge in [0, 0.05) is 6.42 Å². The standard InChI is InChI=1S/C20H20ClF3N2O6S/c21-13-4-5-14(25-19(29)26-15-3-1-2-11-7-9-32-17(11)15)16(28)18(13)33(30,31)10-12(27)6-8-20(22,23)24/h4-5,7,9,15,28H,1-3,6,8,10H2,(H2,25,26,29). The predicted molar refractivity (Wildman–Crippen MR) is 112 cm³/mol. The molecule has 13 heteroatoms. The lowest BCUT2D eigenvalue weighted by Gasteiger charge is -2.22. The normalized spacial score (nSPS) is 16.2. The highest BCUT2D eigenvalue weighted by molar-refractivity contribution is 7.92. The van der Waals surface area contributed by atoms with E-state index in [1.807, 2.05) is 0 Å². The molecule has 1 unspecified atom stereocenters. The van der Waals surface area contributed by atoms with Crippen LogP contribution in [-0.2, 0) is 21.1 Å². The van der Waals surface area contributed by atoms with Crippen molar-refractivity contribution in [2.24, 2.45) is 0 Å². The van der Waals surface area contributed by atoms with Gasteiger partial charge in [-0.15, -0.1) is 0 Å². The Hall–Kier alpha value is -2.73. The van der Waals surface area contributed by atoms with Crippen LogP contribution in [0.3, 0.4) is 0 Å². The van der Waals surface area contributed by atoms with Gasteiger partial charge in [-0.2, -0.15) is 13.2 Å². The van der Waals surface area contributed by atoms with Crippen molar-refractivity contribution in [3.8, 4) is 5.75 Å². The van der Waals surface area contributed by atoms with Crippen molar-refractivity contribution < 1.29 is 40.7 Å². The zero-order valence-electron chi connectivity index (χ0n) is 17.0. The van der Waals surface area contributed by atoms with Gasteiger partial charge >= 0.3 is 12.2 Å². The SMILES string of the molecule is O=C(CCC(F)(F)F)CS(=O)(=O)c1c(Cl)ccc(NC(=O)NC2CCCc3ccoc32)c1O. The van der Waals surface area contributed by atoms with E-state index in [1.54, 1.807) is 6.07 Å². The monoisotopic (exact) mass is 508 g/mol. The number of urea groups is 1. The number of phenols is 1. The molecule has 8 nitrogen and oxygen atoms in total. The van der Waals surface area contributed by atoms with Crippen LogP contribution in [0.15, 0.2) is 33.8 Å². The summed E-state index contributed by atoms with van der Waals surface area (Å²) in [6, 6.07) is 2.86. The number of aryl methyl sites for hydroxylation is 1. The number of phenolic OH excluding ortho intramolecular Hbond substituents is 1. The van der Waals surface area contributed by atoms with Crippen molar-refractivity contribution in [3.05, 3.63) is 40.8 Å². The number of aromatic hydroxyl groups is 1. The number of hydrogen-bond donors (Lipinski definition) is 3. The Morgan fingerprint density at radius 2 is 1.97 bits per heavy atom. The lowest BCUT2D eigenvalue weighted by molar-refractivity contribution is -0.142. The van der Waals surface area contributed by atoms with Crippen molar-refractivity contribution in [1.82, 2.24) is 5.32 Å². The zero-order valence-corrected chi connectivity index (χ0v) is 18.6. The molecule has 0 saturated carbocycles. The Morgan fingerprint density at radius 1 is 1.24 bits per heavy atom. The van der Waals surface area contributed by atoms with E-state index in [4.69, 9.17) is 16.0 Å². The summed E-state index contributed by atoms with van der Waals surface area (Å²) in [4.78, 5) is 23.4. The summed E-state index contributed by atoms with van der Waals surface area (Å²) in [5.74, 6) is -2.79. The molecule has 0 saturated heterocycles. The van der Waals surface area contributed by atoms with Gasteiger partial charge in [0.15, 0.2) is 15.6 Å². The molecule has 180 valence electrons. The number of Topliss-reactive ketones (excluding diaryl/α,β-unsaturated/α-hetero) is 1. The molecule has 1 aliphatic carbocycles. The number of rotatable bonds is 7. The number of carbonyl (C=O) groups excluding carboxylic acids is 2. The van der Waals surface area contributed by atoms with Crippen LogP contribution >= 0.6 is 11.6 Å². The maximum Gasteiger partial charge on any atom is 0.389 e. The first kappa shape index (κ1) is 24.9. The van der Waals surface area contributed by atoms with Gasteiger partial charge in [-0.3, -0.25) is 4.79 Å². The van der Waals surface area contributed by atoms with Crippen LogP contribution in [-0.4, -0.2) is 37.3 Å². The van der Waals surface area contributed by atoms with Crippen LogP contribution in [0.25, 0.3) is 0 Å². The van der Waals surface area contributed by atoms with E-state index in [2.05, 4.69) is 10.6 Å². The van der Waals surface area contributed by atoms with Crippen molar-refractivity contribution >= 4 is 38.9 Å². The fraction of sp³-hybridized carbons (Fsp3) is 0.400. The molecule has 3 N–H and O–H groups in total. The van der Waals surface area contributed by atoms with Crippen LogP contribution in [0.4, 0.5) is 23.7 Å². The number of alkyl halides is 3. The molecule has 1 aromatic carbocycles. The van der Waals surface area contributed by atoms with E-state index in [0.29, 0.717) is 12.2 Å². The number of benzene rings is 1. The molecule has 1 atom stereocenters. The molecule has 3 rings (SSSR count). The highest BCUT2D eigenvalue weighted by atomic mass is 35.5. The van der Waals surface area contributed by atoms with Gasteiger partial charge in [-0.1, -0.05) is 11.6 Å². The van der Waals surface area contributed by atoms with Gasteiger partial charge < -0.3 is 20.2 Å². The Labute approximate surface area is 192 Å². The average molecular weight is 509 g/mol. The number of furan rings is 1. The lowest BCUT2D eigenvalue weighted by atomic mass is 9.94. The van der Waals surface area contributed by atoms with E-state index >= 15 is 0 Å². The molecule has 1 aliphatic rings. The maximum atomic E-state index is 12.6. The first-order chi connectivity index (χ1) is 15.4. The summed E-state index contributed by atoms with van der Waals surface area (Å²) < 4.78 is 67.5. The summed E-state index contributed by atoms with van der Waals surface area (Å²) in [5, 5.41) is 15.0. The Balaban J connectivity index is 1.74. The van der Waals surface area contributed by atoms with Gasteiger partial charge in [0.1, 0.15) is 22.2 Å². The quantitative estimate of drug-likeness (QED) is 0.472. The van der Waals surface area contributed by atoms with Crippen LogP contribution in [0.5, 0.6) is 5.75 Å². The number of fused-ring (bicyclic) bond motifs is 1. The highest BCUT2D eigenvalue weighted by Crippen LogP contribution is 2.38. The van der Waals surface area contributed by atoms with Gasteiger partial charge in [-0.25, -0.2) is 13.2 Å². The molecule has 2 aromatic rings. The molecule has 1 heterocycles. The Bertz CT molecular complexity index is 1160. The number of sulfone groups is 1. The van der Waals surface area contributed by atoms with Crippen molar-refractivity contribution in [1.29, 1.82) is 0 Å². The summed E-state index contributed by atoms with van der Waals surface area (Å²) in [6.45, 7) is 0. The highest BCUT2D eigenvalue weighted by Gasteiger charge is 2.32. The number of amides is 2. The number of ketones is 1. The van der Waals surface area contributed by atoms with Crippen molar-refractivity contribution in [2.75, 3.05) is 11.1 Å². The van der Waals surface area contributed by atoms with Crippen LogP contribution < -0.4 is 10.6 Å². The topological polar surface area (TPSA) is 126 Å². The number of anilines is 1. The first-order valence-electron chi connectivity index (χ1n) is 9.84. The molecule has 33 heavy (non-hydrogen) atoms. The zero-order chi connectivity index (χ0) is 24.4. The number of nitrogens with one attached hydrogen (secondary N) is 2. The molecule has 1 aromatic heterocycles.